The van der Waals surface area contributed by atoms with Crippen LogP contribution < -0.4 is 10.6 Å². The standard InChI is InChI=1S/C21H17F2N3O4S/c1-12-14(5-7-17(25-12)18-3-2-8-31-18)21(29)30-11-20(28)24-10-19(27)26-13-4-6-15(22)16(23)9-13/h2-9H,10-11H2,1H3,(H,24,28)(H,26,27). The van der Waals surface area contributed by atoms with Crippen LogP contribution in [-0.4, -0.2) is 35.9 Å². The Balaban J connectivity index is 1.46. The first-order valence-corrected chi connectivity index (χ1v) is 9.91. The predicted octanol–water partition coefficient (Wildman–Crippen LogP) is 3.31. The number of hydrogen-bond acceptors (Lipinski definition) is 6. The lowest BCUT2D eigenvalue weighted by molar-refractivity contribution is -0.126. The molecular weight excluding hydrogens is 428 g/mol. The highest BCUT2D eigenvalue weighted by Crippen LogP contribution is 2.24. The van der Waals surface area contributed by atoms with Crippen molar-refractivity contribution in [3.05, 3.63) is 70.7 Å². The number of thiophene rings is 1. The minimum absolute atomic E-state index is 0.0403. The second kappa shape index (κ2) is 9.90. The summed E-state index contributed by atoms with van der Waals surface area (Å²) < 4.78 is 31.0. The quantitative estimate of drug-likeness (QED) is 0.544. The fourth-order valence-electron chi connectivity index (χ4n) is 2.56. The van der Waals surface area contributed by atoms with Gasteiger partial charge in [0.1, 0.15) is 0 Å². The summed E-state index contributed by atoms with van der Waals surface area (Å²) in [6.07, 6.45) is 0. The van der Waals surface area contributed by atoms with E-state index >= 15 is 0 Å². The van der Waals surface area contributed by atoms with Gasteiger partial charge < -0.3 is 15.4 Å². The van der Waals surface area contributed by atoms with E-state index in [-0.39, 0.29) is 11.3 Å². The molecule has 0 aliphatic heterocycles. The van der Waals surface area contributed by atoms with Crippen LogP contribution in [0.15, 0.2) is 47.8 Å². The molecule has 0 saturated carbocycles. The van der Waals surface area contributed by atoms with Gasteiger partial charge >= 0.3 is 5.97 Å². The Morgan fingerprint density at radius 2 is 1.87 bits per heavy atom. The molecule has 2 heterocycles. The molecule has 0 saturated heterocycles. The lowest BCUT2D eigenvalue weighted by Crippen LogP contribution is -2.35. The molecule has 10 heteroatoms. The lowest BCUT2D eigenvalue weighted by Gasteiger charge is -2.09. The molecular formula is C21H17F2N3O4S. The van der Waals surface area contributed by atoms with Crippen molar-refractivity contribution in [1.82, 2.24) is 10.3 Å². The third-order valence-corrected chi connectivity index (χ3v) is 4.96. The molecule has 0 atom stereocenters. The third-order valence-electron chi connectivity index (χ3n) is 4.06. The highest BCUT2D eigenvalue weighted by atomic mass is 32.1. The lowest BCUT2D eigenvalue weighted by atomic mass is 10.2. The Labute approximate surface area is 180 Å². The molecule has 0 spiro atoms. The van der Waals surface area contributed by atoms with Gasteiger partial charge in [0.2, 0.25) is 5.91 Å². The molecule has 3 aromatic rings. The summed E-state index contributed by atoms with van der Waals surface area (Å²) in [6.45, 7) is 0.630. The van der Waals surface area contributed by atoms with Gasteiger partial charge in [0.15, 0.2) is 18.2 Å². The zero-order chi connectivity index (χ0) is 22.4. The van der Waals surface area contributed by atoms with Crippen LogP contribution in [-0.2, 0) is 14.3 Å². The number of halogens is 2. The number of amides is 2. The minimum Gasteiger partial charge on any atom is -0.452 e. The van der Waals surface area contributed by atoms with Crippen LogP contribution in [0.4, 0.5) is 14.5 Å². The Bertz CT molecular complexity index is 1120. The first-order chi connectivity index (χ1) is 14.8. The fraction of sp³-hybridized carbons (Fsp3) is 0.143. The van der Waals surface area contributed by atoms with Crippen LogP contribution in [0.1, 0.15) is 16.1 Å². The van der Waals surface area contributed by atoms with Crippen molar-refractivity contribution in [3.8, 4) is 10.6 Å². The molecule has 31 heavy (non-hydrogen) atoms. The van der Waals surface area contributed by atoms with E-state index in [1.54, 1.807) is 19.1 Å². The predicted molar refractivity (Wildman–Crippen MR) is 111 cm³/mol. The summed E-state index contributed by atoms with van der Waals surface area (Å²) >= 11 is 1.52. The van der Waals surface area contributed by atoms with Gasteiger partial charge in [-0.15, -0.1) is 11.3 Å². The fourth-order valence-corrected chi connectivity index (χ4v) is 3.25. The van der Waals surface area contributed by atoms with Crippen molar-refractivity contribution < 1.29 is 27.9 Å². The monoisotopic (exact) mass is 445 g/mol. The Morgan fingerprint density at radius 1 is 1.06 bits per heavy atom. The average Bonchev–Trinajstić information content (AvgIpc) is 3.28. The first kappa shape index (κ1) is 22.0. The van der Waals surface area contributed by atoms with Crippen LogP contribution in [0.3, 0.4) is 0 Å². The summed E-state index contributed by atoms with van der Waals surface area (Å²) in [6, 6.07) is 9.95. The largest absolute Gasteiger partial charge is 0.452 e. The molecule has 0 unspecified atom stereocenters. The van der Waals surface area contributed by atoms with Crippen molar-refractivity contribution in [2.45, 2.75) is 6.92 Å². The van der Waals surface area contributed by atoms with E-state index in [4.69, 9.17) is 4.74 Å². The molecule has 2 N–H and O–H groups in total. The molecule has 0 radical (unpaired) electrons. The smallest absolute Gasteiger partial charge is 0.340 e. The summed E-state index contributed by atoms with van der Waals surface area (Å²) in [5.74, 6) is -4.23. The number of aromatic nitrogens is 1. The number of rotatable bonds is 7. The van der Waals surface area contributed by atoms with Gasteiger partial charge in [-0.05, 0) is 42.6 Å². The average molecular weight is 445 g/mol. The number of ether oxygens (including phenoxy) is 1. The Kier molecular flexibility index (Phi) is 7.03. The molecule has 0 fully saturated rings. The van der Waals surface area contributed by atoms with E-state index < -0.39 is 42.6 Å². The normalized spacial score (nSPS) is 10.4. The van der Waals surface area contributed by atoms with Crippen LogP contribution in [0.5, 0.6) is 0 Å². The number of esters is 1. The molecule has 2 aromatic heterocycles. The number of benzene rings is 1. The van der Waals surface area contributed by atoms with Gasteiger partial charge in [0.25, 0.3) is 5.91 Å². The van der Waals surface area contributed by atoms with Gasteiger partial charge in [0.05, 0.1) is 28.4 Å². The van der Waals surface area contributed by atoms with Gasteiger partial charge in [-0.1, -0.05) is 6.07 Å². The van der Waals surface area contributed by atoms with Crippen molar-refractivity contribution >= 4 is 34.8 Å². The molecule has 1 aromatic carbocycles. The summed E-state index contributed by atoms with van der Waals surface area (Å²) in [5, 5.41) is 6.49. The maximum Gasteiger partial charge on any atom is 0.340 e. The molecule has 7 nitrogen and oxygen atoms in total. The summed E-state index contributed by atoms with van der Waals surface area (Å²) in [4.78, 5) is 41.2. The molecule has 2 amide bonds. The van der Waals surface area contributed by atoms with Crippen molar-refractivity contribution in [2.24, 2.45) is 0 Å². The second-order valence-electron chi connectivity index (χ2n) is 6.34. The molecule has 160 valence electrons. The zero-order valence-corrected chi connectivity index (χ0v) is 17.1. The van der Waals surface area contributed by atoms with E-state index in [0.29, 0.717) is 5.69 Å². The van der Waals surface area contributed by atoms with E-state index in [9.17, 15) is 23.2 Å². The minimum atomic E-state index is -1.11. The number of nitrogens with zero attached hydrogens (tertiary/aromatic N) is 1. The topological polar surface area (TPSA) is 97.4 Å². The molecule has 0 aliphatic carbocycles. The number of anilines is 1. The van der Waals surface area contributed by atoms with Gasteiger partial charge in [-0.3, -0.25) is 14.6 Å². The number of nitrogens with one attached hydrogen (secondary N) is 2. The molecule has 0 aliphatic rings. The number of hydrogen-bond donors (Lipinski definition) is 2. The summed E-state index contributed by atoms with van der Waals surface area (Å²) in [7, 11) is 0. The highest BCUT2D eigenvalue weighted by molar-refractivity contribution is 7.13. The third kappa shape index (κ3) is 5.92. The van der Waals surface area contributed by atoms with Gasteiger partial charge in [-0.25, -0.2) is 13.6 Å². The van der Waals surface area contributed by atoms with Crippen LogP contribution in [0.25, 0.3) is 10.6 Å². The van der Waals surface area contributed by atoms with Crippen LogP contribution >= 0.6 is 11.3 Å². The maximum absolute atomic E-state index is 13.1. The Morgan fingerprint density at radius 3 is 2.55 bits per heavy atom. The highest BCUT2D eigenvalue weighted by Gasteiger charge is 2.15. The van der Waals surface area contributed by atoms with E-state index in [1.165, 1.54) is 17.4 Å². The van der Waals surface area contributed by atoms with Gasteiger partial charge in [0, 0.05) is 11.8 Å². The number of aryl methyl sites for hydroxylation is 1. The maximum atomic E-state index is 13.1. The Hall–Kier alpha value is -3.66. The SMILES string of the molecule is Cc1nc(-c2cccs2)ccc1C(=O)OCC(=O)NCC(=O)Nc1ccc(F)c(F)c1. The van der Waals surface area contributed by atoms with Gasteiger partial charge in [-0.2, -0.15) is 0 Å². The van der Waals surface area contributed by atoms with Crippen molar-refractivity contribution in [2.75, 3.05) is 18.5 Å². The van der Waals surface area contributed by atoms with E-state index in [0.717, 1.165) is 22.7 Å². The van der Waals surface area contributed by atoms with Crippen LogP contribution in [0.2, 0.25) is 0 Å². The van der Waals surface area contributed by atoms with Crippen molar-refractivity contribution in [3.63, 3.8) is 0 Å². The van der Waals surface area contributed by atoms with E-state index in [1.807, 2.05) is 17.5 Å². The summed E-state index contributed by atoms with van der Waals surface area (Å²) in [5.41, 5.74) is 1.46. The number of carbonyl (C=O) groups is 3. The van der Waals surface area contributed by atoms with E-state index in [2.05, 4.69) is 15.6 Å². The van der Waals surface area contributed by atoms with Crippen LogP contribution in [0, 0.1) is 18.6 Å². The number of pyridine rings is 1. The molecule has 3 rings (SSSR count). The second-order valence-corrected chi connectivity index (χ2v) is 7.28. The molecule has 0 bridgehead atoms. The van der Waals surface area contributed by atoms with Crippen molar-refractivity contribution in [1.29, 1.82) is 0 Å². The zero-order valence-electron chi connectivity index (χ0n) is 16.3. The first-order valence-electron chi connectivity index (χ1n) is 9.03. The number of carbonyl (C=O) groups excluding carboxylic acids is 3.